The van der Waals surface area contributed by atoms with Gasteiger partial charge in [-0.1, -0.05) is 173 Å². The van der Waals surface area contributed by atoms with Gasteiger partial charge in [-0.05, 0) is 88.2 Å². The van der Waals surface area contributed by atoms with Crippen molar-refractivity contribution >= 4 is 24.9 Å². The summed E-state index contributed by atoms with van der Waals surface area (Å²) in [6, 6.07) is 18.5. The molecule has 0 saturated carbocycles. The van der Waals surface area contributed by atoms with Gasteiger partial charge in [0.2, 0.25) is 5.69 Å². The topological polar surface area (TPSA) is 6.25 Å². The maximum atomic E-state index is 9.87. The first kappa shape index (κ1) is 66.7. The number of fused-ring (bicyclic) bond motifs is 2. The molecule has 0 bridgehead atoms. The molecule has 11 heteroatoms. The van der Waals surface area contributed by atoms with Crippen LogP contribution in [0.2, 0.25) is 0 Å². The van der Waals surface area contributed by atoms with E-state index in [0.717, 1.165) is 19.4 Å². The molecule has 2 unspecified atom stereocenters. The van der Waals surface area contributed by atoms with Crippen molar-refractivity contribution in [2.75, 3.05) is 18.5 Å². The summed E-state index contributed by atoms with van der Waals surface area (Å²) in [6.07, 6.45) is 51.0. The molecule has 0 saturated heterocycles. The fourth-order valence-corrected chi connectivity index (χ4v) is 9.23. The third-order valence-corrected chi connectivity index (χ3v) is 12.5. The molecule has 2 heterocycles. The third kappa shape index (κ3) is 20.5. The Kier molecular flexibility index (Phi) is 27.9. The average Bonchev–Trinajstić information content (AvgIpc) is 4.08. The van der Waals surface area contributed by atoms with Crippen LogP contribution in [0, 0.1) is 47.5 Å². The number of hydrogen-bond donors (Lipinski definition) is 0. The summed E-state index contributed by atoms with van der Waals surface area (Å²) in [5.74, 6) is 1.90. The first-order valence-electron chi connectivity index (χ1n) is 22.5. The standard InChI is InChI=1S/C43H55N2.2C5H6.4CH3.F6P.2Fe/c1-33(2)28-31-45-39-27-13-11-25-37(39)43(4,30-17-15-23-35-20-8-9-21-35)41(45)32-40-42(3,29-16-14-22-34-18-6-7-19-34)36-24-10-12-26-38(36)44(40)5;2*1-2-4-5-3-1;;;;;1-7(2,3,4,5)6;;/h6-13,18-21,24-27,32-35H,14-17,22-23,28-31H2,1-5H3;2*1-4H,5H2;4*1H3;;;/q+1;;;5*-1;2*+2. The molecule has 0 N–H and O–H groups in total. The van der Waals surface area contributed by atoms with E-state index in [9.17, 15) is 25.2 Å². The summed E-state index contributed by atoms with van der Waals surface area (Å²) < 4.78 is 61.7. The summed E-state index contributed by atoms with van der Waals surface area (Å²) in [5, 5.41) is 0. The Bertz CT molecular complexity index is 2090. The van der Waals surface area contributed by atoms with Gasteiger partial charge in [0.25, 0.3) is 0 Å². The largest absolute Gasteiger partial charge is 2.00 e. The minimum absolute atomic E-state index is 0. The first-order valence-corrected chi connectivity index (χ1v) is 24.5. The second-order valence-electron chi connectivity index (χ2n) is 18.0. The van der Waals surface area contributed by atoms with E-state index < -0.39 is 7.81 Å². The molecule has 0 fully saturated rings. The van der Waals surface area contributed by atoms with Crippen LogP contribution in [-0.2, 0) is 45.0 Å². The molecule has 0 amide bonds. The van der Waals surface area contributed by atoms with E-state index in [-0.39, 0.29) is 74.7 Å². The van der Waals surface area contributed by atoms with E-state index in [2.05, 4.69) is 196 Å². The van der Waals surface area contributed by atoms with Gasteiger partial charge in [0.1, 0.15) is 7.05 Å². The number of allylic oxidation sites excluding steroid dienone is 18. The van der Waals surface area contributed by atoms with E-state index in [1.165, 1.54) is 91.7 Å². The normalized spacial score (nSPS) is 21.4. The zero-order valence-corrected chi connectivity index (χ0v) is 45.1. The second kappa shape index (κ2) is 28.5. The van der Waals surface area contributed by atoms with Crippen LogP contribution in [0.1, 0.15) is 109 Å². The molecule has 0 radical (unpaired) electrons. The predicted octanol–water partition coefficient (Wildman–Crippen LogP) is 19.2. The number of nitrogens with zero attached hydrogens (tertiary/aromatic N) is 2. The van der Waals surface area contributed by atoms with Gasteiger partial charge >= 0.3 is 67.1 Å². The van der Waals surface area contributed by atoms with Gasteiger partial charge in [0, 0.05) is 41.1 Å². The van der Waals surface area contributed by atoms with Crippen LogP contribution in [0.5, 0.6) is 0 Å². The molecule has 2 aliphatic heterocycles. The monoisotopic (exact) mass is 1050 g/mol. The van der Waals surface area contributed by atoms with Crippen molar-refractivity contribution in [2.24, 2.45) is 17.8 Å². The van der Waals surface area contributed by atoms with E-state index in [4.69, 9.17) is 0 Å². The van der Waals surface area contributed by atoms with Gasteiger partial charge in [0.05, 0.1) is 5.41 Å². The van der Waals surface area contributed by atoms with Gasteiger partial charge in [-0.3, -0.25) is 0 Å². The van der Waals surface area contributed by atoms with Crippen molar-refractivity contribution in [1.29, 1.82) is 0 Å². The Labute approximate surface area is 430 Å². The van der Waals surface area contributed by atoms with Gasteiger partial charge in [-0.2, -0.15) is 4.58 Å². The Morgan fingerprint density at radius 2 is 1.03 bits per heavy atom. The molecule has 2 nitrogen and oxygen atoms in total. The Balaban J connectivity index is 0. The van der Waals surface area contributed by atoms with Crippen molar-refractivity contribution < 1.29 is 63.9 Å². The summed E-state index contributed by atoms with van der Waals surface area (Å²) >= 11 is 0. The molecule has 2 aromatic carbocycles. The van der Waals surface area contributed by atoms with Crippen molar-refractivity contribution in [2.45, 2.75) is 109 Å². The van der Waals surface area contributed by atoms with Gasteiger partial charge in [-0.15, -0.1) is 0 Å². The van der Waals surface area contributed by atoms with E-state index in [1.54, 1.807) is 0 Å². The van der Waals surface area contributed by atoms with Crippen LogP contribution in [0.4, 0.5) is 36.6 Å². The Morgan fingerprint density at radius 3 is 1.46 bits per heavy atom. The molecule has 380 valence electrons. The fourth-order valence-electron chi connectivity index (χ4n) is 9.23. The molecule has 2 aromatic rings. The minimum atomic E-state index is -10.7. The SMILES string of the molecule is C1=CCC=C1.C1=CCC=C1.CC(C)CCN1C(=CC2=[N+](C)c3ccccc3C2(C)CCCCC2C=CC=C2)C(C)(CCCCC2C=CC=C2)c2ccccc21.F[P-](F)(F)(F)(F)F.[CH3-].[CH3-].[CH3-].[CH3-].[Fe+2].[Fe+2]. The molecular formula is C57H79F6Fe2N2P. The maximum absolute atomic E-state index is 10.7. The molecule has 4 aliphatic carbocycles. The molecule has 2 atom stereocenters. The number of anilines is 1. The van der Waals surface area contributed by atoms with Crippen LogP contribution in [0.15, 0.2) is 158 Å². The summed E-state index contributed by atoms with van der Waals surface area (Å²) in [6.45, 7) is 10.9. The number of halogens is 6. The van der Waals surface area contributed by atoms with Crippen LogP contribution in [-0.4, -0.2) is 23.9 Å². The number of para-hydroxylation sites is 2. The zero-order chi connectivity index (χ0) is 44.9. The summed E-state index contributed by atoms with van der Waals surface area (Å²) in [4.78, 5) is 2.71. The van der Waals surface area contributed by atoms with Crippen LogP contribution in [0.25, 0.3) is 0 Å². The smallest absolute Gasteiger partial charge is 0.358 e. The van der Waals surface area contributed by atoms with E-state index in [0.29, 0.717) is 17.8 Å². The molecule has 0 aromatic heterocycles. The number of rotatable bonds is 14. The number of hydrogen-bond acceptors (Lipinski definition) is 1. The van der Waals surface area contributed by atoms with Gasteiger partial charge in [0.15, 0.2) is 5.71 Å². The molecular weight excluding hydrogens is 969 g/mol. The Morgan fingerprint density at radius 1 is 0.618 bits per heavy atom. The van der Waals surface area contributed by atoms with Crippen molar-refractivity contribution in [3.05, 3.63) is 198 Å². The van der Waals surface area contributed by atoms with Crippen LogP contribution >= 0.6 is 7.81 Å². The average molecular weight is 1050 g/mol. The van der Waals surface area contributed by atoms with Gasteiger partial charge < -0.3 is 34.6 Å². The number of benzene rings is 2. The molecule has 6 aliphatic rings. The second-order valence-corrected chi connectivity index (χ2v) is 19.9. The first-order chi connectivity index (χ1) is 29.3. The summed E-state index contributed by atoms with van der Waals surface area (Å²) in [7, 11) is -8.35. The van der Waals surface area contributed by atoms with E-state index >= 15 is 0 Å². The van der Waals surface area contributed by atoms with Crippen molar-refractivity contribution in [3.8, 4) is 0 Å². The van der Waals surface area contributed by atoms with Crippen molar-refractivity contribution in [3.63, 3.8) is 0 Å². The Hall–Kier alpha value is -3.38. The maximum Gasteiger partial charge on any atom is 2.00 e. The van der Waals surface area contributed by atoms with Crippen molar-refractivity contribution in [1.82, 2.24) is 0 Å². The fraction of sp³-hybridized carbons (Fsp3) is 0.386. The molecule has 8 rings (SSSR count). The van der Waals surface area contributed by atoms with Crippen LogP contribution in [0.3, 0.4) is 0 Å². The minimum Gasteiger partial charge on any atom is -0.358 e. The predicted molar refractivity (Wildman–Crippen MR) is 279 cm³/mol. The van der Waals surface area contributed by atoms with E-state index in [1.807, 2.05) is 0 Å². The zero-order valence-electron chi connectivity index (χ0n) is 42.0. The number of unbranched alkanes of at least 4 members (excludes halogenated alkanes) is 2. The quantitative estimate of drug-likeness (QED) is 0.0456. The molecule has 68 heavy (non-hydrogen) atoms. The molecule has 0 spiro atoms. The summed E-state index contributed by atoms with van der Waals surface area (Å²) in [5.41, 5.74) is 8.74. The van der Waals surface area contributed by atoms with Crippen LogP contribution < -0.4 is 4.90 Å². The third-order valence-electron chi connectivity index (χ3n) is 12.5. The van der Waals surface area contributed by atoms with Gasteiger partial charge in [-0.25, -0.2) is 0 Å².